The van der Waals surface area contributed by atoms with Crippen LogP contribution in [-0.4, -0.2) is 9.97 Å². The lowest BCUT2D eigenvalue weighted by atomic mass is 10.3. The van der Waals surface area contributed by atoms with Crippen molar-refractivity contribution in [2.75, 3.05) is 5.32 Å². The van der Waals surface area contributed by atoms with Gasteiger partial charge in [0, 0.05) is 5.69 Å². The lowest BCUT2D eigenvalue weighted by Gasteiger charge is -2.11. The van der Waals surface area contributed by atoms with Gasteiger partial charge in [-0.3, -0.25) is 0 Å². The highest BCUT2D eigenvalue weighted by molar-refractivity contribution is 6.41. The highest BCUT2D eigenvalue weighted by atomic mass is 35.5. The number of alkyl halides is 3. The largest absolute Gasteiger partial charge is 0.435 e. The van der Waals surface area contributed by atoms with Crippen molar-refractivity contribution in [1.82, 2.24) is 9.97 Å². The molecule has 2 rings (SSSR count). The molecule has 0 fully saturated rings. The first-order valence-electron chi connectivity index (χ1n) is 5.00. The van der Waals surface area contributed by atoms with Crippen molar-refractivity contribution in [3.63, 3.8) is 0 Å². The number of hydrogen-bond donors (Lipinski definition) is 1. The number of nitrogens with zero attached hydrogens (tertiary/aromatic N) is 2. The Bertz CT molecular complexity index is 588. The molecule has 0 saturated heterocycles. The van der Waals surface area contributed by atoms with E-state index in [1.165, 1.54) is 0 Å². The summed E-state index contributed by atoms with van der Waals surface area (Å²) in [6, 6.07) is 8.50. The Hall–Kier alpha value is -1.53. The number of anilines is 2. The van der Waals surface area contributed by atoms with E-state index in [0.29, 0.717) is 5.69 Å². The third kappa shape index (κ3) is 3.27. The Morgan fingerprint density at radius 2 is 1.63 bits per heavy atom. The summed E-state index contributed by atoms with van der Waals surface area (Å²) in [6.07, 6.45) is -4.70. The van der Waals surface area contributed by atoms with Gasteiger partial charge in [0.25, 0.3) is 0 Å². The molecule has 1 heterocycles. The van der Waals surface area contributed by atoms with Gasteiger partial charge in [0.2, 0.25) is 5.95 Å². The summed E-state index contributed by atoms with van der Waals surface area (Å²) in [5.74, 6) is -0.270. The van der Waals surface area contributed by atoms with E-state index in [4.69, 9.17) is 23.2 Å². The standard InChI is InChI=1S/C11H6Cl2F3N3/c12-7-8(11(14,15)16)18-10(19-9(7)13)17-6-4-2-1-3-5-6/h1-5H,(H,17,18,19). The number of hydrogen-bond acceptors (Lipinski definition) is 3. The second-order valence-electron chi connectivity index (χ2n) is 3.49. The first-order chi connectivity index (χ1) is 8.88. The summed E-state index contributed by atoms with van der Waals surface area (Å²) in [7, 11) is 0. The van der Waals surface area contributed by atoms with Crippen molar-refractivity contribution in [3.8, 4) is 0 Å². The minimum absolute atomic E-state index is 0.270. The smallest absolute Gasteiger partial charge is 0.324 e. The van der Waals surface area contributed by atoms with E-state index in [2.05, 4.69) is 15.3 Å². The van der Waals surface area contributed by atoms with E-state index in [-0.39, 0.29) is 5.95 Å². The van der Waals surface area contributed by atoms with Crippen LogP contribution in [0.3, 0.4) is 0 Å². The minimum Gasteiger partial charge on any atom is -0.324 e. The third-order valence-corrected chi connectivity index (χ3v) is 2.84. The van der Waals surface area contributed by atoms with Crippen molar-refractivity contribution in [3.05, 3.63) is 46.2 Å². The fourth-order valence-electron chi connectivity index (χ4n) is 1.31. The molecule has 1 aromatic carbocycles. The van der Waals surface area contributed by atoms with Crippen molar-refractivity contribution >= 4 is 34.8 Å². The Balaban J connectivity index is 2.40. The fraction of sp³-hybridized carbons (Fsp3) is 0.0909. The quantitative estimate of drug-likeness (QED) is 0.827. The van der Waals surface area contributed by atoms with Crippen LogP contribution in [0.1, 0.15) is 5.69 Å². The Kier molecular flexibility index (Phi) is 3.82. The molecule has 0 aliphatic heterocycles. The lowest BCUT2D eigenvalue weighted by Crippen LogP contribution is -2.12. The maximum absolute atomic E-state index is 12.7. The van der Waals surface area contributed by atoms with E-state index >= 15 is 0 Å². The van der Waals surface area contributed by atoms with Crippen LogP contribution in [0, 0.1) is 0 Å². The van der Waals surface area contributed by atoms with Crippen molar-refractivity contribution < 1.29 is 13.2 Å². The fourth-order valence-corrected chi connectivity index (χ4v) is 1.68. The molecule has 100 valence electrons. The Labute approximate surface area is 116 Å². The number of nitrogens with one attached hydrogen (secondary N) is 1. The van der Waals surface area contributed by atoms with Crippen LogP contribution in [0.25, 0.3) is 0 Å². The van der Waals surface area contributed by atoms with Gasteiger partial charge in [-0.25, -0.2) is 4.98 Å². The predicted octanol–water partition coefficient (Wildman–Crippen LogP) is 4.55. The summed E-state index contributed by atoms with van der Waals surface area (Å²) >= 11 is 11.0. The van der Waals surface area contributed by atoms with E-state index in [0.717, 1.165) is 0 Å². The van der Waals surface area contributed by atoms with Gasteiger partial charge in [-0.15, -0.1) is 0 Å². The number of aromatic nitrogens is 2. The van der Waals surface area contributed by atoms with Crippen molar-refractivity contribution in [2.24, 2.45) is 0 Å². The van der Waals surface area contributed by atoms with Crippen LogP contribution in [-0.2, 0) is 6.18 Å². The van der Waals surface area contributed by atoms with Gasteiger partial charge in [0.1, 0.15) is 5.02 Å². The molecule has 0 aliphatic carbocycles. The van der Waals surface area contributed by atoms with Crippen molar-refractivity contribution in [1.29, 1.82) is 0 Å². The second kappa shape index (κ2) is 5.22. The van der Waals surface area contributed by atoms with Gasteiger partial charge in [-0.05, 0) is 12.1 Å². The van der Waals surface area contributed by atoms with Crippen LogP contribution in [0.15, 0.2) is 30.3 Å². The van der Waals surface area contributed by atoms with E-state index < -0.39 is 22.0 Å². The topological polar surface area (TPSA) is 37.8 Å². The summed E-state index contributed by atoms with van der Waals surface area (Å²) in [6.45, 7) is 0. The molecule has 2 aromatic rings. The average Bonchev–Trinajstić information content (AvgIpc) is 2.33. The maximum Gasteiger partial charge on any atom is 0.435 e. The highest BCUT2D eigenvalue weighted by Crippen LogP contribution is 2.36. The molecule has 0 radical (unpaired) electrons. The highest BCUT2D eigenvalue weighted by Gasteiger charge is 2.37. The SMILES string of the molecule is FC(F)(F)c1nc(Nc2ccccc2)nc(Cl)c1Cl. The second-order valence-corrected chi connectivity index (χ2v) is 4.23. The van der Waals surface area contributed by atoms with Gasteiger partial charge in [0.05, 0.1) is 0 Å². The molecule has 8 heteroatoms. The summed E-state index contributed by atoms with van der Waals surface area (Å²) in [4.78, 5) is 6.99. The Morgan fingerprint density at radius 3 is 2.21 bits per heavy atom. The van der Waals surface area contributed by atoms with Gasteiger partial charge in [-0.2, -0.15) is 18.2 Å². The van der Waals surface area contributed by atoms with Crippen LogP contribution in [0.4, 0.5) is 24.8 Å². The van der Waals surface area contributed by atoms with Gasteiger partial charge >= 0.3 is 6.18 Å². The van der Waals surface area contributed by atoms with Gasteiger partial charge in [-0.1, -0.05) is 41.4 Å². The van der Waals surface area contributed by atoms with E-state index in [1.54, 1.807) is 30.3 Å². The molecule has 1 N–H and O–H groups in total. The van der Waals surface area contributed by atoms with Crippen LogP contribution in [0.2, 0.25) is 10.2 Å². The first kappa shape index (κ1) is 13.9. The predicted molar refractivity (Wildman–Crippen MR) is 66.8 cm³/mol. The molecule has 19 heavy (non-hydrogen) atoms. The van der Waals surface area contributed by atoms with Crippen LogP contribution < -0.4 is 5.32 Å². The zero-order valence-corrected chi connectivity index (χ0v) is 10.7. The molecule has 0 bridgehead atoms. The molecular formula is C11H6Cl2F3N3. The zero-order valence-electron chi connectivity index (χ0n) is 9.17. The molecule has 0 saturated carbocycles. The molecule has 0 unspecified atom stereocenters. The van der Waals surface area contributed by atoms with Gasteiger partial charge in [0.15, 0.2) is 10.8 Å². The summed E-state index contributed by atoms with van der Waals surface area (Å²) in [5.41, 5.74) is -0.735. The minimum atomic E-state index is -4.70. The average molecular weight is 308 g/mol. The monoisotopic (exact) mass is 307 g/mol. The summed E-state index contributed by atoms with van der Waals surface area (Å²) < 4.78 is 38.1. The van der Waals surface area contributed by atoms with E-state index in [9.17, 15) is 13.2 Å². The number of halogens is 5. The third-order valence-electron chi connectivity index (χ3n) is 2.11. The number of benzene rings is 1. The van der Waals surface area contributed by atoms with Gasteiger partial charge < -0.3 is 5.32 Å². The van der Waals surface area contributed by atoms with Crippen LogP contribution in [0.5, 0.6) is 0 Å². The molecule has 1 aromatic heterocycles. The number of rotatable bonds is 2. The van der Waals surface area contributed by atoms with E-state index in [1.807, 2.05) is 0 Å². The molecular weight excluding hydrogens is 302 g/mol. The molecule has 0 amide bonds. The Morgan fingerprint density at radius 1 is 1.00 bits per heavy atom. The first-order valence-corrected chi connectivity index (χ1v) is 5.76. The number of para-hydroxylation sites is 1. The molecule has 0 spiro atoms. The molecule has 3 nitrogen and oxygen atoms in total. The zero-order chi connectivity index (χ0) is 14.0. The molecule has 0 aliphatic rings. The van der Waals surface area contributed by atoms with Crippen molar-refractivity contribution in [2.45, 2.75) is 6.18 Å². The molecule has 0 atom stereocenters. The maximum atomic E-state index is 12.7. The lowest BCUT2D eigenvalue weighted by molar-refractivity contribution is -0.141. The van der Waals surface area contributed by atoms with Crippen LogP contribution >= 0.6 is 23.2 Å². The normalized spacial score (nSPS) is 11.4. The summed E-state index contributed by atoms with van der Waals surface area (Å²) in [5, 5.41) is 1.45.